The van der Waals surface area contributed by atoms with Crippen LogP contribution < -0.4 is 14.9 Å². The van der Waals surface area contributed by atoms with Crippen LogP contribution in [0.4, 0.5) is 0 Å². The second-order valence-electron chi connectivity index (χ2n) is 8.80. The highest BCUT2D eigenvalue weighted by Crippen LogP contribution is 2.42. The highest BCUT2D eigenvalue weighted by atomic mass is 16.5. The zero-order valence-electron chi connectivity index (χ0n) is 20.3. The lowest BCUT2D eigenvalue weighted by atomic mass is 9.97. The average Bonchev–Trinajstić information content (AvgIpc) is 3.13. The molecule has 1 aliphatic rings. The third-order valence-electron chi connectivity index (χ3n) is 6.40. The number of methoxy groups -OCH3 is 1. The molecule has 3 aromatic carbocycles. The molecule has 6 nitrogen and oxygen atoms in total. The number of amides is 1. The van der Waals surface area contributed by atoms with Crippen molar-refractivity contribution in [1.82, 2.24) is 4.90 Å². The van der Waals surface area contributed by atoms with Crippen LogP contribution in [0.5, 0.6) is 11.5 Å². The third-order valence-corrected chi connectivity index (χ3v) is 6.40. The van der Waals surface area contributed by atoms with E-state index >= 15 is 0 Å². The number of hydrogen-bond donors (Lipinski definition) is 0. The molecule has 178 valence electrons. The van der Waals surface area contributed by atoms with E-state index in [0.29, 0.717) is 41.2 Å². The van der Waals surface area contributed by atoms with Crippen molar-refractivity contribution >= 4 is 16.9 Å². The Morgan fingerprint density at radius 1 is 0.971 bits per heavy atom. The third kappa shape index (κ3) is 3.85. The summed E-state index contributed by atoms with van der Waals surface area (Å²) < 4.78 is 17.4. The van der Waals surface area contributed by atoms with Gasteiger partial charge in [-0.05, 0) is 61.2 Å². The summed E-state index contributed by atoms with van der Waals surface area (Å²) in [5.74, 6) is 0.945. The van der Waals surface area contributed by atoms with Crippen molar-refractivity contribution in [2.45, 2.75) is 33.4 Å². The summed E-state index contributed by atoms with van der Waals surface area (Å²) in [6, 6.07) is 18.4. The second-order valence-corrected chi connectivity index (χ2v) is 8.80. The fourth-order valence-electron chi connectivity index (χ4n) is 4.89. The summed E-state index contributed by atoms with van der Waals surface area (Å²) in [7, 11) is 1.57. The number of benzene rings is 3. The Hall–Kier alpha value is -4.06. The number of carbonyl (C=O) groups excluding carboxylic acids is 1. The van der Waals surface area contributed by atoms with Gasteiger partial charge in [0.1, 0.15) is 5.58 Å². The Balaban J connectivity index is 1.75. The molecule has 0 radical (unpaired) electrons. The van der Waals surface area contributed by atoms with Gasteiger partial charge in [-0.1, -0.05) is 42.5 Å². The summed E-state index contributed by atoms with van der Waals surface area (Å²) in [5, 5.41) is 0.485. The van der Waals surface area contributed by atoms with E-state index in [0.717, 1.165) is 22.3 Å². The Kier molecular flexibility index (Phi) is 5.81. The lowest BCUT2D eigenvalue weighted by Gasteiger charge is -2.26. The number of nitrogens with zero attached hydrogens (tertiary/aromatic N) is 1. The first-order chi connectivity index (χ1) is 16.9. The topological polar surface area (TPSA) is 69.0 Å². The molecule has 0 aliphatic carbocycles. The van der Waals surface area contributed by atoms with Gasteiger partial charge < -0.3 is 18.8 Å². The van der Waals surface area contributed by atoms with Crippen molar-refractivity contribution in [3.8, 4) is 11.5 Å². The molecular weight excluding hydrogens is 442 g/mol. The number of hydrogen-bond acceptors (Lipinski definition) is 5. The zero-order chi connectivity index (χ0) is 24.7. The molecule has 1 amide bonds. The molecule has 1 unspecified atom stereocenters. The predicted molar refractivity (Wildman–Crippen MR) is 134 cm³/mol. The second kappa shape index (κ2) is 8.95. The van der Waals surface area contributed by atoms with Crippen molar-refractivity contribution in [1.29, 1.82) is 0 Å². The van der Waals surface area contributed by atoms with E-state index in [4.69, 9.17) is 13.9 Å². The zero-order valence-corrected chi connectivity index (χ0v) is 20.3. The number of aryl methyl sites for hydroxylation is 2. The van der Waals surface area contributed by atoms with Gasteiger partial charge in [-0.2, -0.15) is 0 Å². The Morgan fingerprint density at radius 2 is 1.74 bits per heavy atom. The lowest BCUT2D eigenvalue weighted by molar-refractivity contribution is 0.0714. The highest BCUT2D eigenvalue weighted by molar-refractivity contribution is 5.99. The molecule has 0 saturated heterocycles. The van der Waals surface area contributed by atoms with Crippen LogP contribution in [0.3, 0.4) is 0 Å². The largest absolute Gasteiger partial charge is 0.493 e. The van der Waals surface area contributed by atoms with Gasteiger partial charge in [0, 0.05) is 6.54 Å². The van der Waals surface area contributed by atoms with Crippen molar-refractivity contribution in [3.05, 3.63) is 104 Å². The number of ether oxygens (including phenoxy) is 2. The molecule has 2 heterocycles. The lowest BCUT2D eigenvalue weighted by Crippen LogP contribution is -2.29. The monoisotopic (exact) mass is 469 g/mol. The van der Waals surface area contributed by atoms with Crippen LogP contribution in [-0.4, -0.2) is 24.5 Å². The normalized spacial score (nSPS) is 14.9. The maximum absolute atomic E-state index is 13.9. The van der Waals surface area contributed by atoms with Gasteiger partial charge in [-0.15, -0.1) is 0 Å². The van der Waals surface area contributed by atoms with E-state index in [9.17, 15) is 9.59 Å². The molecule has 0 saturated carbocycles. The van der Waals surface area contributed by atoms with Gasteiger partial charge in [0.25, 0.3) is 5.91 Å². The SMILES string of the molecule is CCOc1ccc(C2c3c(oc4c(C)cc(C)cc4c3=O)C(=O)N2Cc2ccccc2)cc1OC. The van der Waals surface area contributed by atoms with Crippen LogP contribution in [0.1, 0.15) is 51.3 Å². The molecule has 5 rings (SSSR count). The first-order valence-corrected chi connectivity index (χ1v) is 11.7. The maximum Gasteiger partial charge on any atom is 0.291 e. The van der Waals surface area contributed by atoms with E-state index in [1.807, 2.05) is 81.4 Å². The van der Waals surface area contributed by atoms with Gasteiger partial charge in [0.05, 0.1) is 30.7 Å². The first-order valence-electron chi connectivity index (χ1n) is 11.7. The van der Waals surface area contributed by atoms with E-state index in [-0.39, 0.29) is 17.1 Å². The van der Waals surface area contributed by atoms with Crippen LogP contribution in [0.2, 0.25) is 0 Å². The predicted octanol–water partition coefficient (Wildman–Crippen LogP) is 5.56. The molecule has 1 aliphatic heterocycles. The van der Waals surface area contributed by atoms with Gasteiger partial charge in [0.2, 0.25) is 5.76 Å². The smallest absolute Gasteiger partial charge is 0.291 e. The van der Waals surface area contributed by atoms with E-state index in [2.05, 4.69) is 0 Å². The Morgan fingerprint density at radius 3 is 2.46 bits per heavy atom. The Bertz CT molecular complexity index is 1490. The van der Waals surface area contributed by atoms with Crippen LogP contribution >= 0.6 is 0 Å². The van der Waals surface area contributed by atoms with E-state index < -0.39 is 6.04 Å². The first kappa shape index (κ1) is 22.7. The van der Waals surface area contributed by atoms with Gasteiger partial charge in [-0.25, -0.2) is 0 Å². The Labute approximate surface area is 203 Å². The minimum atomic E-state index is -0.622. The molecule has 1 aromatic heterocycles. The number of rotatable bonds is 6. The fourth-order valence-corrected chi connectivity index (χ4v) is 4.89. The summed E-state index contributed by atoms with van der Waals surface area (Å²) in [5.41, 5.74) is 4.13. The van der Waals surface area contributed by atoms with Crippen molar-refractivity contribution in [2.75, 3.05) is 13.7 Å². The van der Waals surface area contributed by atoms with Crippen LogP contribution in [0, 0.1) is 13.8 Å². The van der Waals surface area contributed by atoms with E-state index in [1.165, 1.54) is 0 Å². The minimum absolute atomic E-state index is 0.100. The summed E-state index contributed by atoms with van der Waals surface area (Å²) in [6.45, 7) is 6.56. The number of carbonyl (C=O) groups is 1. The summed E-state index contributed by atoms with van der Waals surface area (Å²) >= 11 is 0. The van der Waals surface area contributed by atoms with Crippen molar-refractivity contribution < 1.29 is 18.7 Å². The molecule has 6 heteroatoms. The fraction of sp³-hybridized carbons (Fsp3) is 0.241. The van der Waals surface area contributed by atoms with Crippen LogP contribution in [-0.2, 0) is 6.54 Å². The minimum Gasteiger partial charge on any atom is -0.493 e. The molecular formula is C29H27NO5. The molecule has 0 fully saturated rings. The summed E-state index contributed by atoms with van der Waals surface area (Å²) in [6.07, 6.45) is 0. The average molecular weight is 470 g/mol. The van der Waals surface area contributed by atoms with Crippen molar-refractivity contribution in [2.24, 2.45) is 0 Å². The highest BCUT2D eigenvalue weighted by Gasteiger charge is 2.43. The standard InChI is InChI=1S/C29H27NO5/c1-5-34-22-12-11-20(15-23(22)33-4)25-24-26(31)21-14-17(2)13-18(3)27(21)35-28(24)29(32)30(25)16-19-9-7-6-8-10-19/h6-15,25H,5,16H2,1-4H3. The quantitative estimate of drug-likeness (QED) is 0.370. The molecule has 1 atom stereocenters. The molecule has 4 aromatic rings. The molecule has 0 N–H and O–H groups in total. The van der Waals surface area contributed by atoms with Gasteiger partial charge >= 0.3 is 0 Å². The number of fused-ring (bicyclic) bond motifs is 2. The van der Waals surface area contributed by atoms with E-state index in [1.54, 1.807) is 12.0 Å². The molecule has 0 spiro atoms. The summed E-state index contributed by atoms with van der Waals surface area (Å²) in [4.78, 5) is 29.3. The van der Waals surface area contributed by atoms with Crippen LogP contribution in [0.15, 0.2) is 69.9 Å². The molecule has 35 heavy (non-hydrogen) atoms. The van der Waals surface area contributed by atoms with Crippen molar-refractivity contribution in [3.63, 3.8) is 0 Å². The molecule has 0 bridgehead atoms. The van der Waals surface area contributed by atoms with Gasteiger partial charge in [-0.3, -0.25) is 9.59 Å². The maximum atomic E-state index is 13.9. The van der Waals surface area contributed by atoms with Crippen LogP contribution in [0.25, 0.3) is 11.0 Å². The van der Waals surface area contributed by atoms with Gasteiger partial charge in [0.15, 0.2) is 16.9 Å².